The molecule has 5 heteroatoms. The van der Waals surface area contributed by atoms with Crippen molar-refractivity contribution in [2.75, 3.05) is 0 Å². The highest BCUT2D eigenvalue weighted by Gasteiger charge is 2.13. The van der Waals surface area contributed by atoms with Crippen molar-refractivity contribution >= 4 is 27.0 Å². The number of halogens is 1. The van der Waals surface area contributed by atoms with E-state index >= 15 is 0 Å². The van der Waals surface area contributed by atoms with Gasteiger partial charge in [0.1, 0.15) is 6.33 Å². The van der Waals surface area contributed by atoms with E-state index in [0.717, 1.165) is 23.1 Å². The van der Waals surface area contributed by atoms with E-state index in [2.05, 4.69) is 43.1 Å². The lowest BCUT2D eigenvalue weighted by molar-refractivity contribution is 0.784. The molecule has 96 valence electrons. The van der Waals surface area contributed by atoms with Crippen LogP contribution in [0.1, 0.15) is 16.1 Å². The number of rotatable bonds is 3. The highest BCUT2D eigenvalue weighted by atomic mass is 79.9. The van der Waals surface area contributed by atoms with Gasteiger partial charge in [0.15, 0.2) is 5.65 Å². The number of hydrogen-bond acceptors (Lipinski definition) is 3. The van der Waals surface area contributed by atoms with Crippen molar-refractivity contribution < 1.29 is 0 Å². The highest BCUT2D eigenvalue weighted by molar-refractivity contribution is 9.09. The number of aryl methyl sites for hydroxylation is 1. The van der Waals surface area contributed by atoms with Crippen molar-refractivity contribution in [3.8, 4) is 0 Å². The van der Waals surface area contributed by atoms with Gasteiger partial charge in [0.25, 0.3) is 0 Å². The first-order valence-electron chi connectivity index (χ1n) is 6.06. The quantitative estimate of drug-likeness (QED) is 0.698. The fraction of sp³-hybridized carbons (Fsp3) is 0.214. The molecular weight excluding hydrogens is 304 g/mol. The van der Waals surface area contributed by atoms with E-state index in [4.69, 9.17) is 0 Å². The van der Waals surface area contributed by atoms with Gasteiger partial charge in [-0.3, -0.25) is 4.68 Å². The molecule has 2 aromatic heterocycles. The number of benzene rings is 1. The lowest BCUT2D eigenvalue weighted by Gasteiger charge is -2.09. The Balaban J connectivity index is 1.93. The molecule has 0 aliphatic heterocycles. The molecule has 19 heavy (non-hydrogen) atoms. The molecular formula is C14H13BrN4. The lowest BCUT2D eigenvalue weighted by Crippen LogP contribution is -2.00. The summed E-state index contributed by atoms with van der Waals surface area (Å²) in [5.41, 5.74) is 3.14. The Kier molecular flexibility index (Phi) is 3.29. The van der Waals surface area contributed by atoms with Crippen LogP contribution in [0.4, 0.5) is 0 Å². The van der Waals surface area contributed by atoms with Crippen LogP contribution in [0.25, 0.3) is 11.0 Å². The van der Waals surface area contributed by atoms with Gasteiger partial charge in [0.2, 0.25) is 0 Å². The minimum Gasteiger partial charge on any atom is -0.250 e. The third-order valence-electron chi connectivity index (χ3n) is 3.15. The molecule has 0 spiro atoms. The van der Waals surface area contributed by atoms with E-state index in [-0.39, 0.29) is 4.83 Å². The van der Waals surface area contributed by atoms with E-state index in [1.54, 1.807) is 11.0 Å². The minimum absolute atomic E-state index is 0.243. The standard InChI is InChI=1S/C14H13BrN4/c1-19-14-11(8-18-19)13(16-9-17-14)7-12(15)10-5-3-2-4-6-10/h2-6,8-9,12H,7H2,1H3. The first-order valence-corrected chi connectivity index (χ1v) is 6.98. The fourth-order valence-corrected chi connectivity index (χ4v) is 2.73. The van der Waals surface area contributed by atoms with E-state index in [9.17, 15) is 0 Å². The molecule has 1 unspecified atom stereocenters. The van der Waals surface area contributed by atoms with Crippen LogP contribution in [0.2, 0.25) is 0 Å². The van der Waals surface area contributed by atoms with Gasteiger partial charge in [0.05, 0.1) is 17.3 Å². The highest BCUT2D eigenvalue weighted by Crippen LogP contribution is 2.28. The first kappa shape index (κ1) is 12.3. The van der Waals surface area contributed by atoms with Gasteiger partial charge >= 0.3 is 0 Å². The van der Waals surface area contributed by atoms with Crippen molar-refractivity contribution in [2.45, 2.75) is 11.2 Å². The zero-order chi connectivity index (χ0) is 13.2. The number of fused-ring (bicyclic) bond motifs is 1. The topological polar surface area (TPSA) is 43.6 Å². The van der Waals surface area contributed by atoms with Crippen molar-refractivity contribution in [3.05, 3.63) is 54.1 Å². The Morgan fingerprint density at radius 3 is 2.79 bits per heavy atom. The van der Waals surface area contributed by atoms with E-state index in [1.807, 2.05) is 31.4 Å². The lowest BCUT2D eigenvalue weighted by atomic mass is 10.1. The molecule has 0 saturated carbocycles. The maximum Gasteiger partial charge on any atom is 0.161 e. The molecule has 0 fully saturated rings. The Morgan fingerprint density at radius 2 is 2.00 bits per heavy atom. The minimum atomic E-state index is 0.243. The molecule has 0 amide bonds. The monoisotopic (exact) mass is 316 g/mol. The number of aromatic nitrogens is 4. The summed E-state index contributed by atoms with van der Waals surface area (Å²) in [5, 5.41) is 5.25. The van der Waals surface area contributed by atoms with Crippen LogP contribution in [-0.2, 0) is 13.5 Å². The molecule has 1 atom stereocenters. The molecule has 0 bridgehead atoms. The molecule has 0 aliphatic carbocycles. The summed E-state index contributed by atoms with van der Waals surface area (Å²) in [7, 11) is 1.89. The average molecular weight is 317 g/mol. The zero-order valence-corrected chi connectivity index (χ0v) is 12.1. The molecule has 3 aromatic rings. The third kappa shape index (κ3) is 2.38. The molecule has 4 nitrogen and oxygen atoms in total. The summed E-state index contributed by atoms with van der Waals surface area (Å²) in [5.74, 6) is 0. The van der Waals surface area contributed by atoms with Crippen LogP contribution >= 0.6 is 15.9 Å². The van der Waals surface area contributed by atoms with Crippen LogP contribution in [0.5, 0.6) is 0 Å². The maximum atomic E-state index is 4.39. The van der Waals surface area contributed by atoms with Crippen LogP contribution in [0.15, 0.2) is 42.9 Å². The largest absolute Gasteiger partial charge is 0.250 e. The average Bonchev–Trinajstić information content (AvgIpc) is 2.83. The van der Waals surface area contributed by atoms with Crippen molar-refractivity contribution in [1.29, 1.82) is 0 Å². The first-order chi connectivity index (χ1) is 9.25. The second-order valence-corrected chi connectivity index (χ2v) is 5.51. The van der Waals surface area contributed by atoms with Gasteiger partial charge in [-0.15, -0.1) is 0 Å². The zero-order valence-electron chi connectivity index (χ0n) is 10.5. The van der Waals surface area contributed by atoms with E-state index < -0.39 is 0 Å². The summed E-state index contributed by atoms with van der Waals surface area (Å²) >= 11 is 3.73. The normalized spacial score (nSPS) is 12.7. The van der Waals surface area contributed by atoms with E-state index in [1.165, 1.54) is 5.56 Å². The van der Waals surface area contributed by atoms with Crippen LogP contribution in [0, 0.1) is 0 Å². The van der Waals surface area contributed by atoms with Gasteiger partial charge in [-0.05, 0) is 5.56 Å². The number of alkyl halides is 1. The van der Waals surface area contributed by atoms with Gasteiger partial charge in [-0.2, -0.15) is 5.10 Å². The van der Waals surface area contributed by atoms with Crippen LogP contribution in [0.3, 0.4) is 0 Å². The molecule has 0 aliphatic rings. The second-order valence-electron chi connectivity index (χ2n) is 4.41. The third-order valence-corrected chi connectivity index (χ3v) is 4.00. The Labute approximate surface area is 119 Å². The molecule has 0 saturated heterocycles. The van der Waals surface area contributed by atoms with Gasteiger partial charge < -0.3 is 0 Å². The fourth-order valence-electron chi connectivity index (χ4n) is 2.12. The summed E-state index contributed by atoms with van der Waals surface area (Å²) in [4.78, 5) is 8.89. The van der Waals surface area contributed by atoms with Crippen molar-refractivity contribution in [2.24, 2.45) is 7.05 Å². The maximum absolute atomic E-state index is 4.39. The van der Waals surface area contributed by atoms with Crippen LogP contribution in [-0.4, -0.2) is 19.7 Å². The predicted molar refractivity (Wildman–Crippen MR) is 78.1 cm³/mol. The SMILES string of the molecule is Cn1ncc2c(CC(Br)c3ccccc3)ncnc21. The smallest absolute Gasteiger partial charge is 0.161 e. The Hall–Kier alpha value is -1.75. The molecule has 3 rings (SSSR count). The summed E-state index contributed by atoms with van der Waals surface area (Å²) in [6.45, 7) is 0. The van der Waals surface area contributed by atoms with Gasteiger partial charge in [-0.25, -0.2) is 9.97 Å². The molecule has 1 aromatic carbocycles. The molecule has 2 heterocycles. The van der Waals surface area contributed by atoms with E-state index in [0.29, 0.717) is 0 Å². The molecule has 0 N–H and O–H groups in total. The summed E-state index contributed by atoms with van der Waals surface area (Å²) in [6.07, 6.45) is 4.24. The van der Waals surface area contributed by atoms with Crippen molar-refractivity contribution in [3.63, 3.8) is 0 Å². The Morgan fingerprint density at radius 1 is 1.21 bits per heavy atom. The number of hydrogen-bond donors (Lipinski definition) is 0. The predicted octanol–water partition coefficient (Wildman–Crippen LogP) is 3.04. The summed E-state index contributed by atoms with van der Waals surface area (Å²) in [6, 6.07) is 10.3. The van der Waals surface area contributed by atoms with Gasteiger partial charge in [0, 0.05) is 18.3 Å². The number of nitrogens with zero attached hydrogens (tertiary/aromatic N) is 4. The molecule has 0 radical (unpaired) electrons. The second kappa shape index (κ2) is 5.09. The van der Waals surface area contributed by atoms with Crippen molar-refractivity contribution in [1.82, 2.24) is 19.7 Å². The summed E-state index contributed by atoms with van der Waals surface area (Å²) < 4.78 is 1.77. The van der Waals surface area contributed by atoms with Crippen LogP contribution < -0.4 is 0 Å². The van der Waals surface area contributed by atoms with Gasteiger partial charge in [-0.1, -0.05) is 46.3 Å². The Bertz CT molecular complexity index is 693.